The molecule has 1 aliphatic carbocycles. The van der Waals surface area contributed by atoms with Crippen LogP contribution in [0.3, 0.4) is 0 Å². The lowest BCUT2D eigenvalue weighted by Crippen LogP contribution is -2.37. The molecule has 1 saturated carbocycles. The van der Waals surface area contributed by atoms with Crippen molar-refractivity contribution in [1.82, 2.24) is 5.32 Å². The van der Waals surface area contributed by atoms with Crippen molar-refractivity contribution >= 4 is 0 Å². The van der Waals surface area contributed by atoms with E-state index in [9.17, 15) is 13.2 Å². The second-order valence-corrected chi connectivity index (χ2v) is 3.68. The van der Waals surface area contributed by atoms with Gasteiger partial charge in [0, 0.05) is 0 Å². The summed E-state index contributed by atoms with van der Waals surface area (Å²) in [6, 6.07) is 0. The van der Waals surface area contributed by atoms with Crippen LogP contribution in [0.1, 0.15) is 12.8 Å². The predicted octanol–water partition coefficient (Wildman–Crippen LogP) is 1.54. The van der Waals surface area contributed by atoms with E-state index in [0.29, 0.717) is 5.92 Å². The monoisotopic (exact) mass is 227 g/mol. The lowest BCUT2D eigenvalue weighted by Gasteiger charge is -2.35. The zero-order chi connectivity index (χ0) is 11.3. The van der Waals surface area contributed by atoms with Gasteiger partial charge in [-0.3, -0.25) is 4.74 Å². The van der Waals surface area contributed by atoms with E-state index in [1.165, 1.54) is 0 Å². The molecule has 0 bridgehead atoms. The first-order valence-electron chi connectivity index (χ1n) is 4.98. The van der Waals surface area contributed by atoms with Crippen molar-refractivity contribution in [2.24, 2.45) is 5.92 Å². The zero-order valence-electron chi connectivity index (χ0n) is 8.64. The Balaban J connectivity index is 1.91. The third-order valence-electron chi connectivity index (χ3n) is 2.39. The molecule has 1 rings (SSSR count). The molecule has 0 heterocycles. The fourth-order valence-electron chi connectivity index (χ4n) is 1.64. The molecule has 15 heavy (non-hydrogen) atoms. The van der Waals surface area contributed by atoms with E-state index in [4.69, 9.17) is 4.74 Å². The summed E-state index contributed by atoms with van der Waals surface area (Å²) in [5.74, 6) is 0.600. The SMILES string of the molecule is CNCC1CC(OCCOC(F)(F)F)C1. The lowest BCUT2D eigenvalue weighted by molar-refractivity contribution is -0.328. The van der Waals surface area contributed by atoms with Gasteiger partial charge in [0.05, 0.1) is 19.3 Å². The lowest BCUT2D eigenvalue weighted by atomic mass is 9.82. The minimum absolute atomic E-state index is 0.0104. The highest BCUT2D eigenvalue weighted by molar-refractivity contribution is 4.81. The zero-order valence-corrected chi connectivity index (χ0v) is 8.64. The number of ether oxygens (including phenoxy) is 2. The van der Waals surface area contributed by atoms with Crippen LogP contribution in [0, 0.1) is 5.92 Å². The van der Waals surface area contributed by atoms with Crippen LogP contribution in [-0.4, -0.2) is 39.3 Å². The maximum absolute atomic E-state index is 11.6. The van der Waals surface area contributed by atoms with Crippen LogP contribution in [0.4, 0.5) is 13.2 Å². The Labute approximate surface area is 86.9 Å². The highest BCUT2D eigenvalue weighted by atomic mass is 19.4. The maximum Gasteiger partial charge on any atom is 0.522 e. The van der Waals surface area contributed by atoms with Gasteiger partial charge in [0.25, 0.3) is 0 Å². The van der Waals surface area contributed by atoms with Gasteiger partial charge in [-0.25, -0.2) is 0 Å². The fourth-order valence-corrected chi connectivity index (χ4v) is 1.64. The smallest absolute Gasteiger partial charge is 0.376 e. The molecule has 0 aromatic rings. The van der Waals surface area contributed by atoms with E-state index < -0.39 is 13.0 Å². The van der Waals surface area contributed by atoms with Crippen LogP contribution in [0.5, 0.6) is 0 Å². The molecule has 0 aromatic carbocycles. The number of alkyl halides is 3. The minimum atomic E-state index is -4.54. The molecule has 1 fully saturated rings. The molecule has 0 aliphatic heterocycles. The largest absolute Gasteiger partial charge is 0.522 e. The van der Waals surface area contributed by atoms with Crippen molar-refractivity contribution in [3.63, 3.8) is 0 Å². The van der Waals surface area contributed by atoms with Crippen LogP contribution in [0.25, 0.3) is 0 Å². The molecule has 0 spiro atoms. The second kappa shape index (κ2) is 5.67. The fraction of sp³-hybridized carbons (Fsp3) is 1.00. The summed E-state index contributed by atoms with van der Waals surface area (Å²) in [7, 11) is 1.88. The van der Waals surface area contributed by atoms with Crippen LogP contribution in [0.15, 0.2) is 0 Å². The van der Waals surface area contributed by atoms with Crippen molar-refractivity contribution in [3.8, 4) is 0 Å². The Bertz CT molecular complexity index is 181. The average Bonchev–Trinajstić information content (AvgIpc) is 2.05. The number of hydrogen-bond acceptors (Lipinski definition) is 3. The standard InChI is InChI=1S/C9H16F3NO2/c1-13-6-7-4-8(5-7)14-2-3-15-9(10,11)12/h7-8,13H,2-6H2,1H3. The third kappa shape index (κ3) is 5.34. The summed E-state index contributed by atoms with van der Waals surface area (Å²) >= 11 is 0. The summed E-state index contributed by atoms with van der Waals surface area (Å²) in [5, 5.41) is 3.05. The number of nitrogens with one attached hydrogen (secondary N) is 1. The molecule has 6 heteroatoms. The van der Waals surface area contributed by atoms with Crippen LogP contribution in [-0.2, 0) is 9.47 Å². The summed E-state index contributed by atoms with van der Waals surface area (Å²) in [6.07, 6.45) is -2.59. The third-order valence-corrected chi connectivity index (χ3v) is 2.39. The van der Waals surface area contributed by atoms with E-state index in [2.05, 4.69) is 10.1 Å². The van der Waals surface area contributed by atoms with Crippen LogP contribution in [0.2, 0.25) is 0 Å². The molecule has 0 radical (unpaired) electrons. The van der Waals surface area contributed by atoms with E-state index in [0.717, 1.165) is 19.4 Å². The number of rotatable bonds is 6. The van der Waals surface area contributed by atoms with Gasteiger partial charge in [0.2, 0.25) is 0 Å². The summed E-state index contributed by atoms with van der Waals surface area (Å²) in [5.41, 5.74) is 0. The quantitative estimate of drug-likeness (QED) is 0.698. The van der Waals surface area contributed by atoms with Gasteiger partial charge in [-0.15, -0.1) is 13.2 Å². The Morgan fingerprint density at radius 1 is 1.27 bits per heavy atom. The van der Waals surface area contributed by atoms with Gasteiger partial charge in [0.15, 0.2) is 0 Å². The second-order valence-electron chi connectivity index (χ2n) is 3.68. The molecule has 0 saturated heterocycles. The Kier molecular flexibility index (Phi) is 4.82. The number of hydrogen-bond donors (Lipinski definition) is 1. The van der Waals surface area contributed by atoms with E-state index in [1.807, 2.05) is 7.05 Å². The van der Waals surface area contributed by atoms with Crippen molar-refractivity contribution in [3.05, 3.63) is 0 Å². The van der Waals surface area contributed by atoms with Gasteiger partial charge < -0.3 is 10.1 Å². The highest BCUT2D eigenvalue weighted by Crippen LogP contribution is 2.29. The molecular formula is C9H16F3NO2. The Morgan fingerprint density at radius 2 is 1.93 bits per heavy atom. The first-order valence-corrected chi connectivity index (χ1v) is 4.98. The molecule has 0 amide bonds. The van der Waals surface area contributed by atoms with Crippen molar-refractivity contribution in [2.45, 2.75) is 25.3 Å². The van der Waals surface area contributed by atoms with Crippen LogP contribution < -0.4 is 5.32 Å². The Morgan fingerprint density at radius 3 is 2.47 bits per heavy atom. The maximum atomic E-state index is 11.6. The van der Waals surface area contributed by atoms with E-state index in [-0.39, 0.29) is 12.7 Å². The molecule has 90 valence electrons. The van der Waals surface area contributed by atoms with Crippen molar-refractivity contribution < 1.29 is 22.6 Å². The summed E-state index contributed by atoms with van der Waals surface area (Å²) < 4.78 is 43.4. The molecule has 0 aromatic heterocycles. The predicted molar refractivity (Wildman–Crippen MR) is 48.4 cm³/mol. The van der Waals surface area contributed by atoms with Gasteiger partial charge in [-0.05, 0) is 32.4 Å². The first kappa shape index (κ1) is 12.7. The van der Waals surface area contributed by atoms with Gasteiger partial charge in [0.1, 0.15) is 0 Å². The summed E-state index contributed by atoms with van der Waals surface area (Å²) in [4.78, 5) is 0. The van der Waals surface area contributed by atoms with Crippen molar-refractivity contribution in [2.75, 3.05) is 26.8 Å². The van der Waals surface area contributed by atoms with E-state index >= 15 is 0 Å². The number of halogens is 3. The molecule has 0 atom stereocenters. The first-order chi connectivity index (χ1) is 7.01. The molecule has 3 nitrogen and oxygen atoms in total. The molecule has 0 unspecified atom stereocenters. The summed E-state index contributed by atoms with van der Waals surface area (Å²) in [6.45, 7) is 0.534. The van der Waals surface area contributed by atoms with Crippen LogP contribution >= 0.6 is 0 Å². The van der Waals surface area contributed by atoms with Gasteiger partial charge in [-0.2, -0.15) is 0 Å². The van der Waals surface area contributed by atoms with Gasteiger partial charge in [-0.1, -0.05) is 0 Å². The van der Waals surface area contributed by atoms with Crippen molar-refractivity contribution in [1.29, 1.82) is 0 Å². The molecule has 1 N–H and O–H groups in total. The van der Waals surface area contributed by atoms with Gasteiger partial charge >= 0.3 is 6.36 Å². The minimum Gasteiger partial charge on any atom is -0.376 e. The topological polar surface area (TPSA) is 30.5 Å². The molecular weight excluding hydrogens is 211 g/mol. The normalized spacial score (nSPS) is 26.4. The average molecular weight is 227 g/mol. The highest BCUT2D eigenvalue weighted by Gasteiger charge is 2.31. The van der Waals surface area contributed by atoms with E-state index in [1.54, 1.807) is 0 Å². The Hall–Kier alpha value is -0.330. The molecule has 1 aliphatic rings.